The fourth-order valence-electron chi connectivity index (χ4n) is 1.94. The molecule has 0 bridgehead atoms. The van der Waals surface area contributed by atoms with E-state index in [1.165, 1.54) is 0 Å². The van der Waals surface area contributed by atoms with Gasteiger partial charge in [-0.1, -0.05) is 0 Å². The van der Waals surface area contributed by atoms with Gasteiger partial charge in [-0.15, -0.1) is 0 Å². The van der Waals surface area contributed by atoms with Gasteiger partial charge in [0.25, 0.3) is 0 Å². The molecule has 0 aromatic rings. The van der Waals surface area contributed by atoms with Crippen LogP contribution in [0.5, 0.6) is 0 Å². The minimum Gasteiger partial charge on any atom is -0.381 e. The monoisotopic (exact) mass is 198 g/mol. The summed E-state index contributed by atoms with van der Waals surface area (Å²) in [4.78, 5) is 11.8. The van der Waals surface area contributed by atoms with E-state index in [0.717, 1.165) is 32.5 Å². The number of hydrogen-bond acceptors (Lipinski definition) is 3. The van der Waals surface area contributed by atoms with Gasteiger partial charge in [0.2, 0.25) is 5.91 Å². The van der Waals surface area contributed by atoms with Crippen LogP contribution >= 0.6 is 0 Å². The van der Waals surface area contributed by atoms with Crippen molar-refractivity contribution in [2.24, 2.45) is 5.92 Å². The molecule has 2 N–H and O–H groups in total. The lowest BCUT2D eigenvalue weighted by Gasteiger charge is -2.41. The first-order valence-electron chi connectivity index (χ1n) is 5.30. The Kier molecular flexibility index (Phi) is 2.74. The second-order valence-electron chi connectivity index (χ2n) is 4.57. The first-order valence-corrected chi connectivity index (χ1v) is 5.30. The molecule has 2 saturated heterocycles. The molecule has 0 aromatic heterocycles. The van der Waals surface area contributed by atoms with E-state index in [1.54, 1.807) is 0 Å². The molecule has 80 valence electrons. The molecule has 2 heterocycles. The molecule has 0 aliphatic carbocycles. The number of carbonyl (C=O) groups excluding carboxylic acids is 1. The van der Waals surface area contributed by atoms with E-state index in [0.29, 0.717) is 6.61 Å². The summed E-state index contributed by atoms with van der Waals surface area (Å²) in [5.74, 6) is 0.231. The van der Waals surface area contributed by atoms with E-state index in [-0.39, 0.29) is 17.4 Å². The number of amides is 1. The summed E-state index contributed by atoms with van der Waals surface area (Å²) >= 11 is 0. The number of hydrogen-bond donors (Lipinski definition) is 2. The van der Waals surface area contributed by atoms with Crippen LogP contribution in [0.2, 0.25) is 0 Å². The van der Waals surface area contributed by atoms with Crippen LogP contribution in [0.4, 0.5) is 0 Å². The Hall–Kier alpha value is -0.610. The average molecular weight is 198 g/mol. The van der Waals surface area contributed by atoms with Crippen LogP contribution in [0, 0.1) is 5.92 Å². The highest BCUT2D eigenvalue weighted by Crippen LogP contribution is 2.16. The maximum atomic E-state index is 11.8. The van der Waals surface area contributed by atoms with E-state index in [9.17, 15) is 4.79 Å². The van der Waals surface area contributed by atoms with Gasteiger partial charge in [-0.05, 0) is 19.8 Å². The Bertz CT molecular complexity index is 220. The van der Waals surface area contributed by atoms with Gasteiger partial charge in [0.1, 0.15) is 0 Å². The zero-order chi connectivity index (χ0) is 10.0. The Morgan fingerprint density at radius 1 is 1.57 bits per heavy atom. The predicted molar refractivity (Wildman–Crippen MR) is 53.0 cm³/mol. The second-order valence-corrected chi connectivity index (χ2v) is 4.57. The maximum Gasteiger partial charge on any atom is 0.225 e. The first kappa shape index (κ1) is 9.93. The lowest BCUT2D eigenvalue weighted by atomic mass is 9.93. The average Bonchev–Trinajstić information content (AvgIpc) is 2.17. The summed E-state index contributed by atoms with van der Waals surface area (Å²) in [6, 6.07) is 0. The lowest BCUT2D eigenvalue weighted by molar-refractivity contribution is -0.131. The quantitative estimate of drug-likeness (QED) is 0.651. The van der Waals surface area contributed by atoms with Crippen molar-refractivity contribution in [3.05, 3.63) is 0 Å². The van der Waals surface area contributed by atoms with Crippen LogP contribution in [-0.2, 0) is 9.53 Å². The molecule has 1 amide bonds. The SMILES string of the molecule is CC1(NC(=O)C2CCCOC2)CNC1. The summed E-state index contributed by atoms with van der Waals surface area (Å²) in [7, 11) is 0. The molecule has 14 heavy (non-hydrogen) atoms. The normalized spacial score (nSPS) is 30.5. The van der Waals surface area contributed by atoms with E-state index in [4.69, 9.17) is 4.74 Å². The highest BCUT2D eigenvalue weighted by atomic mass is 16.5. The van der Waals surface area contributed by atoms with Gasteiger partial charge in [-0.3, -0.25) is 4.79 Å². The Morgan fingerprint density at radius 2 is 2.36 bits per heavy atom. The summed E-state index contributed by atoms with van der Waals surface area (Å²) in [5, 5.41) is 6.25. The third kappa shape index (κ3) is 2.07. The Balaban J connectivity index is 1.81. The number of carbonyl (C=O) groups is 1. The first-order chi connectivity index (χ1) is 6.70. The van der Waals surface area contributed by atoms with Gasteiger partial charge >= 0.3 is 0 Å². The van der Waals surface area contributed by atoms with E-state index >= 15 is 0 Å². The highest BCUT2D eigenvalue weighted by Gasteiger charge is 2.35. The molecule has 1 atom stereocenters. The van der Waals surface area contributed by atoms with Crippen molar-refractivity contribution < 1.29 is 9.53 Å². The van der Waals surface area contributed by atoms with Crippen LogP contribution in [0.15, 0.2) is 0 Å². The smallest absolute Gasteiger partial charge is 0.225 e. The molecule has 0 radical (unpaired) electrons. The molecule has 2 rings (SSSR count). The molecule has 2 aliphatic heterocycles. The van der Waals surface area contributed by atoms with Crippen LogP contribution in [0.1, 0.15) is 19.8 Å². The molecule has 0 aromatic carbocycles. The standard InChI is InChI=1S/C10H18N2O2/c1-10(6-11-7-10)12-9(13)8-3-2-4-14-5-8/h8,11H,2-7H2,1H3,(H,12,13). The fourth-order valence-corrected chi connectivity index (χ4v) is 1.94. The minimum absolute atomic E-state index is 0.0193. The molecule has 1 unspecified atom stereocenters. The van der Waals surface area contributed by atoms with E-state index in [2.05, 4.69) is 17.6 Å². The third-order valence-corrected chi connectivity index (χ3v) is 2.99. The van der Waals surface area contributed by atoms with E-state index in [1.807, 2.05) is 0 Å². The topological polar surface area (TPSA) is 50.4 Å². The summed E-state index contributed by atoms with van der Waals surface area (Å²) < 4.78 is 5.29. The molecule has 4 nitrogen and oxygen atoms in total. The molecule has 0 spiro atoms. The van der Waals surface area contributed by atoms with Crippen molar-refractivity contribution in [1.82, 2.24) is 10.6 Å². The maximum absolute atomic E-state index is 11.8. The minimum atomic E-state index is -0.0193. The Morgan fingerprint density at radius 3 is 2.86 bits per heavy atom. The van der Waals surface area contributed by atoms with Gasteiger partial charge in [0, 0.05) is 19.7 Å². The lowest BCUT2D eigenvalue weighted by Crippen LogP contribution is -2.67. The zero-order valence-electron chi connectivity index (χ0n) is 8.64. The highest BCUT2D eigenvalue weighted by molar-refractivity contribution is 5.79. The van der Waals surface area contributed by atoms with Crippen LogP contribution in [0.3, 0.4) is 0 Å². The molecular weight excluding hydrogens is 180 g/mol. The number of ether oxygens (including phenoxy) is 1. The van der Waals surface area contributed by atoms with Crippen LogP contribution < -0.4 is 10.6 Å². The molecule has 2 fully saturated rings. The van der Waals surface area contributed by atoms with Crippen LogP contribution in [0.25, 0.3) is 0 Å². The second kappa shape index (κ2) is 3.87. The fraction of sp³-hybridized carbons (Fsp3) is 0.900. The summed E-state index contributed by atoms with van der Waals surface area (Å²) in [6.07, 6.45) is 1.97. The number of nitrogens with one attached hydrogen (secondary N) is 2. The third-order valence-electron chi connectivity index (χ3n) is 2.99. The van der Waals surface area contributed by atoms with Gasteiger partial charge in [-0.2, -0.15) is 0 Å². The van der Waals surface area contributed by atoms with Crippen molar-refractivity contribution in [2.45, 2.75) is 25.3 Å². The molecule has 2 aliphatic rings. The summed E-state index contributed by atoms with van der Waals surface area (Å²) in [6.45, 7) is 5.24. The summed E-state index contributed by atoms with van der Waals surface area (Å²) in [5.41, 5.74) is -0.0193. The molecule has 0 saturated carbocycles. The van der Waals surface area contributed by atoms with Crippen molar-refractivity contribution in [2.75, 3.05) is 26.3 Å². The molecule has 4 heteroatoms. The molecular formula is C10H18N2O2. The predicted octanol–water partition coefficient (Wildman–Crippen LogP) is -0.109. The Labute approximate surface area is 84.4 Å². The van der Waals surface area contributed by atoms with Crippen molar-refractivity contribution in [3.8, 4) is 0 Å². The van der Waals surface area contributed by atoms with Gasteiger partial charge < -0.3 is 15.4 Å². The van der Waals surface area contributed by atoms with Gasteiger partial charge in [0.15, 0.2) is 0 Å². The van der Waals surface area contributed by atoms with Crippen molar-refractivity contribution >= 4 is 5.91 Å². The van der Waals surface area contributed by atoms with Crippen molar-refractivity contribution in [3.63, 3.8) is 0 Å². The zero-order valence-corrected chi connectivity index (χ0v) is 8.64. The van der Waals surface area contributed by atoms with Crippen LogP contribution in [-0.4, -0.2) is 37.7 Å². The van der Waals surface area contributed by atoms with Gasteiger partial charge in [0.05, 0.1) is 18.1 Å². The largest absolute Gasteiger partial charge is 0.381 e. The van der Waals surface area contributed by atoms with Gasteiger partial charge in [-0.25, -0.2) is 0 Å². The number of rotatable bonds is 2. The van der Waals surface area contributed by atoms with Crippen molar-refractivity contribution in [1.29, 1.82) is 0 Å². The van der Waals surface area contributed by atoms with E-state index < -0.39 is 0 Å².